The van der Waals surface area contributed by atoms with Crippen LogP contribution in [0.3, 0.4) is 0 Å². The molecule has 2 aromatic carbocycles. The Hall–Kier alpha value is -2.16. The molecule has 0 bridgehead atoms. The minimum absolute atomic E-state index is 0.847. The fraction of sp³-hybridized carbons (Fsp3) is 0.400. The molecule has 0 amide bonds. The molecule has 0 radical (unpaired) electrons. The Morgan fingerprint density at radius 3 is 2.26 bits per heavy atom. The molecule has 0 aromatic heterocycles. The van der Waals surface area contributed by atoms with Crippen molar-refractivity contribution in [1.29, 1.82) is 0 Å². The van der Waals surface area contributed by atoms with Gasteiger partial charge in [-0.15, -0.1) is 0 Å². The maximum atomic E-state index is 5.50. The highest BCUT2D eigenvalue weighted by Crippen LogP contribution is 2.25. The van der Waals surface area contributed by atoms with E-state index in [-0.39, 0.29) is 0 Å². The van der Waals surface area contributed by atoms with Gasteiger partial charge in [-0.3, -0.25) is 0 Å². The van der Waals surface area contributed by atoms with Crippen LogP contribution in [-0.2, 0) is 6.54 Å². The molecule has 0 fully saturated rings. The number of ether oxygens (including phenoxy) is 2. The number of nitrogens with zero attached hydrogens (tertiary/aromatic N) is 1. The predicted octanol–water partition coefficient (Wildman–Crippen LogP) is 4.90. The molecule has 0 N–H and O–H groups in total. The average Bonchev–Trinajstić information content (AvgIpc) is 2.61. The van der Waals surface area contributed by atoms with Crippen LogP contribution in [-0.4, -0.2) is 20.8 Å². The lowest BCUT2D eigenvalue weighted by atomic mass is 10.1. The number of benzene rings is 2. The van der Waals surface area contributed by atoms with Gasteiger partial charge < -0.3 is 14.4 Å². The van der Waals surface area contributed by atoms with Crippen molar-refractivity contribution >= 4 is 5.69 Å². The summed E-state index contributed by atoms with van der Waals surface area (Å²) in [4.78, 5) is 2.41. The van der Waals surface area contributed by atoms with Gasteiger partial charge in [-0.05, 0) is 36.8 Å². The highest BCUT2D eigenvalue weighted by atomic mass is 16.5. The van der Waals surface area contributed by atoms with Gasteiger partial charge in [-0.2, -0.15) is 0 Å². The molecule has 3 heteroatoms. The summed E-state index contributed by atoms with van der Waals surface area (Å²) >= 11 is 0. The molecule has 2 aromatic rings. The van der Waals surface area contributed by atoms with Crippen molar-refractivity contribution in [1.82, 2.24) is 0 Å². The zero-order chi connectivity index (χ0) is 16.5. The lowest BCUT2D eigenvalue weighted by Crippen LogP contribution is -2.24. The van der Waals surface area contributed by atoms with Crippen molar-refractivity contribution in [2.45, 2.75) is 32.7 Å². The van der Waals surface area contributed by atoms with Gasteiger partial charge in [-0.1, -0.05) is 38.0 Å². The number of hydrogen-bond acceptors (Lipinski definition) is 3. The summed E-state index contributed by atoms with van der Waals surface area (Å²) in [6.07, 6.45) is 3.67. The fourth-order valence-corrected chi connectivity index (χ4v) is 2.68. The van der Waals surface area contributed by atoms with Gasteiger partial charge in [0.15, 0.2) is 0 Å². The van der Waals surface area contributed by atoms with Gasteiger partial charge in [0.2, 0.25) is 0 Å². The van der Waals surface area contributed by atoms with E-state index in [1.54, 1.807) is 14.2 Å². The summed E-state index contributed by atoms with van der Waals surface area (Å²) in [5.41, 5.74) is 2.43. The summed E-state index contributed by atoms with van der Waals surface area (Å²) in [6.45, 7) is 4.12. The third kappa shape index (κ3) is 4.92. The first kappa shape index (κ1) is 17.2. The molecule has 0 aliphatic heterocycles. The van der Waals surface area contributed by atoms with E-state index in [0.29, 0.717) is 0 Å². The number of methoxy groups -OCH3 is 2. The topological polar surface area (TPSA) is 21.7 Å². The zero-order valence-electron chi connectivity index (χ0n) is 14.4. The van der Waals surface area contributed by atoms with Crippen molar-refractivity contribution in [3.05, 3.63) is 54.1 Å². The van der Waals surface area contributed by atoms with Gasteiger partial charge in [0.1, 0.15) is 11.5 Å². The summed E-state index contributed by atoms with van der Waals surface area (Å²) in [6, 6.07) is 16.5. The maximum Gasteiger partial charge on any atom is 0.123 e. The van der Waals surface area contributed by atoms with Crippen LogP contribution in [0.2, 0.25) is 0 Å². The van der Waals surface area contributed by atoms with Crippen molar-refractivity contribution in [2.75, 3.05) is 25.7 Å². The molecule has 0 unspecified atom stereocenters. The second-order valence-electron chi connectivity index (χ2n) is 5.64. The van der Waals surface area contributed by atoms with Gasteiger partial charge >= 0.3 is 0 Å². The summed E-state index contributed by atoms with van der Waals surface area (Å²) in [5, 5.41) is 0. The van der Waals surface area contributed by atoms with Crippen LogP contribution in [0.4, 0.5) is 5.69 Å². The Morgan fingerprint density at radius 2 is 1.61 bits per heavy atom. The molecule has 0 aliphatic rings. The van der Waals surface area contributed by atoms with Crippen molar-refractivity contribution < 1.29 is 9.47 Å². The van der Waals surface area contributed by atoms with Crippen LogP contribution in [0, 0.1) is 0 Å². The molecule has 23 heavy (non-hydrogen) atoms. The second-order valence-corrected chi connectivity index (χ2v) is 5.64. The molecular weight excluding hydrogens is 286 g/mol. The van der Waals surface area contributed by atoms with Crippen LogP contribution in [0.25, 0.3) is 0 Å². The minimum Gasteiger partial charge on any atom is -0.497 e. The van der Waals surface area contributed by atoms with Crippen LogP contribution in [0.1, 0.15) is 31.7 Å². The Balaban J connectivity index is 2.18. The first-order valence-corrected chi connectivity index (χ1v) is 8.29. The molecule has 0 aliphatic carbocycles. The monoisotopic (exact) mass is 313 g/mol. The zero-order valence-corrected chi connectivity index (χ0v) is 14.4. The van der Waals surface area contributed by atoms with E-state index in [9.17, 15) is 0 Å². The summed E-state index contributed by atoms with van der Waals surface area (Å²) < 4.78 is 10.8. The normalized spacial score (nSPS) is 10.4. The largest absolute Gasteiger partial charge is 0.497 e. The minimum atomic E-state index is 0.847. The molecule has 0 saturated heterocycles. The van der Waals surface area contributed by atoms with Crippen molar-refractivity contribution in [2.24, 2.45) is 0 Å². The number of unbranched alkanes of at least 4 members (excludes halogenated alkanes) is 2. The Kier molecular flexibility index (Phi) is 6.79. The number of hydrogen-bond donors (Lipinski definition) is 0. The number of para-hydroxylation sites is 1. The number of rotatable bonds is 9. The fourth-order valence-electron chi connectivity index (χ4n) is 2.68. The van der Waals surface area contributed by atoms with E-state index >= 15 is 0 Å². The van der Waals surface area contributed by atoms with Crippen molar-refractivity contribution in [3.63, 3.8) is 0 Å². The smallest absolute Gasteiger partial charge is 0.123 e. The molecule has 0 heterocycles. The lowest BCUT2D eigenvalue weighted by Gasteiger charge is -2.26. The van der Waals surface area contributed by atoms with E-state index in [1.807, 2.05) is 24.3 Å². The maximum absolute atomic E-state index is 5.50. The van der Waals surface area contributed by atoms with Gasteiger partial charge in [0.25, 0.3) is 0 Å². The molecule has 0 atom stereocenters. The highest BCUT2D eigenvalue weighted by Gasteiger charge is 2.10. The summed E-state index contributed by atoms with van der Waals surface area (Å²) in [7, 11) is 3.43. The van der Waals surface area contributed by atoms with Crippen LogP contribution in [0.15, 0.2) is 48.5 Å². The quantitative estimate of drug-likeness (QED) is 0.615. The molecule has 0 spiro atoms. The molecule has 124 valence electrons. The Bertz CT molecular complexity index is 580. The molecule has 2 rings (SSSR count). The van der Waals surface area contributed by atoms with Crippen molar-refractivity contribution in [3.8, 4) is 11.5 Å². The molecule has 0 saturated carbocycles. The van der Waals surface area contributed by atoms with Crippen LogP contribution < -0.4 is 14.4 Å². The van der Waals surface area contributed by atoms with E-state index in [4.69, 9.17) is 9.47 Å². The average molecular weight is 313 g/mol. The SMILES string of the molecule is CCCCCN(Cc1ccccc1OC)c1ccc(OC)cc1. The van der Waals surface area contributed by atoms with Crippen LogP contribution in [0.5, 0.6) is 11.5 Å². The van der Waals surface area contributed by atoms with E-state index in [2.05, 4.69) is 36.1 Å². The van der Waals surface area contributed by atoms with E-state index in [1.165, 1.54) is 30.5 Å². The summed E-state index contributed by atoms with van der Waals surface area (Å²) in [5.74, 6) is 1.83. The van der Waals surface area contributed by atoms with Crippen LogP contribution >= 0.6 is 0 Å². The standard InChI is InChI=1S/C20H27NO2/c1-4-5-8-15-21(18-11-13-19(22-2)14-12-18)16-17-9-6-7-10-20(17)23-3/h6-7,9-14H,4-5,8,15-16H2,1-3H3. The molecular formula is C20H27NO2. The van der Waals surface area contributed by atoms with Gasteiger partial charge in [0.05, 0.1) is 14.2 Å². The first-order chi connectivity index (χ1) is 11.3. The van der Waals surface area contributed by atoms with Gasteiger partial charge in [0, 0.05) is 24.3 Å². The second kappa shape index (κ2) is 9.09. The highest BCUT2D eigenvalue weighted by molar-refractivity contribution is 5.50. The third-order valence-electron chi connectivity index (χ3n) is 4.02. The van der Waals surface area contributed by atoms with Gasteiger partial charge in [-0.25, -0.2) is 0 Å². The third-order valence-corrected chi connectivity index (χ3v) is 4.02. The lowest BCUT2D eigenvalue weighted by molar-refractivity contribution is 0.409. The van der Waals surface area contributed by atoms with E-state index in [0.717, 1.165) is 24.6 Å². The Labute approximate surface area is 139 Å². The Morgan fingerprint density at radius 1 is 0.870 bits per heavy atom. The predicted molar refractivity (Wildman–Crippen MR) is 96.6 cm³/mol. The molecule has 3 nitrogen and oxygen atoms in total. The number of anilines is 1. The van der Waals surface area contributed by atoms with E-state index < -0.39 is 0 Å². The first-order valence-electron chi connectivity index (χ1n) is 8.29.